The molecule has 3 rings (SSSR count). The molecule has 0 amide bonds. The number of phenols is 1. The number of phenolic OH excluding ortho intramolecular Hbond substituents is 1. The first-order valence-corrected chi connectivity index (χ1v) is 9.00. The van der Waals surface area contributed by atoms with Gasteiger partial charge >= 0.3 is 0 Å². The molecule has 1 N–H and O–H groups in total. The molecule has 3 nitrogen and oxygen atoms in total. The Bertz CT molecular complexity index is 923. The van der Waals surface area contributed by atoms with Gasteiger partial charge < -0.3 is 9.84 Å². The van der Waals surface area contributed by atoms with E-state index < -0.39 is 0 Å². The van der Waals surface area contributed by atoms with Crippen LogP contribution in [0.4, 0.5) is 0 Å². The van der Waals surface area contributed by atoms with Gasteiger partial charge in [-0.2, -0.15) is 0 Å². The lowest BCUT2D eigenvalue weighted by atomic mass is 9.84. The highest BCUT2D eigenvalue weighted by molar-refractivity contribution is 6.10. The predicted octanol–water partition coefficient (Wildman–Crippen LogP) is 5.50. The molecule has 3 aromatic carbocycles. The maximum absolute atomic E-state index is 12.8. The van der Waals surface area contributed by atoms with Gasteiger partial charge in [-0.25, -0.2) is 0 Å². The molecule has 0 aliphatic carbocycles. The van der Waals surface area contributed by atoms with Gasteiger partial charge in [0.15, 0.2) is 5.78 Å². The van der Waals surface area contributed by atoms with Gasteiger partial charge in [-0.05, 0) is 17.0 Å². The van der Waals surface area contributed by atoms with Crippen molar-refractivity contribution in [2.75, 3.05) is 0 Å². The molecule has 0 aliphatic rings. The summed E-state index contributed by atoms with van der Waals surface area (Å²) in [7, 11) is 0. The Morgan fingerprint density at radius 1 is 0.926 bits per heavy atom. The summed E-state index contributed by atoms with van der Waals surface area (Å²) in [6.07, 6.45) is 0. The summed E-state index contributed by atoms with van der Waals surface area (Å²) in [5, 5.41) is 10.5. The number of ketones is 1. The molecule has 0 fully saturated rings. The van der Waals surface area contributed by atoms with Crippen molar-refractivity contribution in [1.29, 1.82) is 0 Å². The van der Waals surface area contributed by atoms with E-state index in [-0.39, 0.29) is 22.5 Å². The van der Waals surface area contributed by atoms with Crippen molar-refractivity contribution in [2.45, 2.75) is 32.8 Å². The fourth-order valence-electron chi connectivity index (χ4n) is 2.94. The van der Waals surface area contributed by atoms with Crippen LogP contribution in [0.3, 0.4) is 0 Å². The van der Waals surface area contributed by atoms with Crippen molar-refractivity contribution >= 4 is 5.78 Å². The smallest absolute Gasteiger partial charge is 0.196 e. The second kappa shape index (κ2) is 7.67. The van der Waals surface area contributed by atoms with E-state index in [1.165, 1.54) is 0 Å². The first kappa shape index (κ1) is 18.7. The lowest BCUT2D eigenvalue weighted by Gasteiger charge is -2.24. The van der Waals surface area contributed by atoms with Crippen LogP contribution in [0, 0.1) is 0 Å². The molecule has 0 aromatic heterocycles. The number of aromatic hydroxyl groups is 1. The Morgan fingerprint density at radius 2 is 1.52 bits per heavy atom. The number of hydrogen-bond acceptors (Lipinski definition) is 3. The van der Waals surface area contributed by atoms with Crippen molar-refractivity contribution < 1.29 is 14.6 Å². The molecule has 0 radical (unpaired) electrons. The monoisotopic (exact) mass is 360 g/mol. The van der Waals surface area contributed by atoms with Crippen molar-refractivity contribution in [2.24, 2.45) is 0 Å². The third kappa shape index (κ3) is 4.37. The summed E-state index contributed by atoms with van der Waals surface area (Å²) in [6, 6.07) is 22.1. The van der Waals surface area contributed by atoms with E-state index >= 15 is 0 Å². The minimum Gasteiger partial charge on any atom is -0.507 e. The van der Waals surface area contributed by atoms with Crippen LogP contribution >= 0.6 is 0 Å². The van der Waals surface area contributed by atoms with E-state index in [2.05, 4.69) is 20.8 Å². The molecular formula is C24H24O3. The van der Waals surface area contributed by atoms with Crippen LogP contribution in [0.1, 0.15) is 47.8 Å². The Kier molecular flexibility index (Phi) is 5.31. The summed E-state index contributed by atoms with van der Waals surface area (Å²) in [6.45, 7) is 6.58. The van der Waals surface area contributed by atoms with E-state index in [1.54, 1.807) is 24.3 Å². The zero-order chi connectivity index (χ0) is 19.4. The quantitative estimate of drug-likeness (QED) is 0.611. The molecule has 0 saturated heterocycles. The molecule has 3 aromatic rings. The van der Waals surface area contributed by atoms with Gasteiger partial charge in [0.2, 0.25) is 0 Å². The second-order valence-electron chi connectivity index (χ2n) is 7.58. The molecule has 0 heterocycles. The van der Waals surface area contributed by atoms with Gasteiger partial charge in [-0.15, -0.1) is 0 Å². The van der Waals surface area contributed by atoms with Gasteiger partial charge in [0.25, 0.3) is 0 Å². The Morgan fingerprint density at radius 3 is 2.11 bits per heavy atom. The summed E-state index contributed by atoms with van der Waals surface area (Å²) >= 11 is 0. The van der Waals surface area contributed by atoms with Crippen LogP contribution in [-0.4, -0.2) is 10.9 Å². The standard InChI is InChI=1S/C24H24O3/c1-24(2,3)20-14-19(23(26)18-12-8-5-9-13-18)21(25)15-22(20)27-16-17-10-6-4-7-11-17/h4-15,25H,16H2,1-3H3. The van der Waals surface area contributed by atoms with Gasteiger partial charge in [0.1, 0.15) is 18.1 Å². The first-order chi connectivity index (χ1) is 12.9. The maximum atomic E-state index is 12.8. The van der Waals surface area contributed by atoms with E-state index in [1.807, 2.05) is 48.5 Å². The van der Waals surface area contributed by atoms with Crippen molar-refractivity contribution in [1.82, 2.24) is 0 Å². The molecular weight excluding hydrogens is 336 g/mol. The van der Waals surface area contributed by atoms with E-state index in [4.69, 9.17) is 4.74 Å². The summed E-state index contributed by atoms with van der Waals surface area (Å²) in [5.41, 5.74) is 2.52. The van der Waals surface area contributed by atoms with Crippen molar-refractivity contribution in [3.63, 3.8) is 0 Å². The van der Waals surface area contributed by atoms with Crippen molar-refractivity contribution in [3.8, 4) is 11.5 Å². The first-order valence-electron chi connectivity index (χ1n) is 9.00. The van der Waals surface area contributed by atoms with Crippen molar-refractivity contribution in [3.05, 3.63) is 95.1 Å². The highest BCUT2D eigenvalue weighted by Crippen LogP contribution is 2.37. The number of carbonyl (C=O) groups excluding carboxylic acids is 1. The van der Waals surface area contributed by atoms with Gasteiger partial charge in [0.05, 0.1) is 5.56 Å². The SMILES string of the molecule is CC(C)(C)c1cc(C(=O)c2ccccc2)c(O)cc1OCc1ccccc1. The fourth-order valence-corrected chi connectivity index (χ4v) is 2.94. The largest absolute Gasteiger partial charge is 0.507 e. The molecule has 27 heavy (non-hydrogen) atoms. The molecule has 0 bridgehead atoms. The Hall–Kier alpha value is -3.07. The molecule has 0 aliphatic heterocycles. The van der Waals surface area contributed by atoms with Crippen LogP contribution in [0.15, 0.2) is 72.8 Å². The highest BCUT2D eigenvalue weighted by Gasteiger charge is 2.24. The molecule has 0 atom stereocenters. The van der Waals surface area contributed by atoms with Crippen LogP contribution in [0.2, 0.25) is 0 Å². The van der Waals surface area contributed by atoms with Crippen LogP contribution < -0.4 is 4.74 Å². The van der Waals surface area contributed by atoms with Gasteiger partial charge in [0, 0.05) is 17.2 Å². The summed E-state index contributed by atoms with van der Waals surface area (Å²) in [5.74, 6) is 0.321. The average molecular weight is 360 g/mol. The number of carbonyl (C=O) groups is 1. The highest BCUT2D eigenvalue weighted by atomic mass is 16.5. The molecule has 0 unspecified atom stereocenters. The van der Waals surface area contributed by atoms with E-state index in [0.717, 1.165) is 11.1 Å². The number of benzene rings is 3. The Balaban J connectivity index is 1.97. The van der Waals surface area contributed by atoms with E-state index in [9.17, 15) is 9.90 Å². The van der Waals surface area contributed by atoms with E-state index in [0.29, 0.717) is 17.9 Å². The zero-order valence-corrected chi connectivity index (χ0v) is 15.9. The second-order valence-corrected chi connectivity index (χ2v) is 7.58. The minimum atomic E-state index is -0.245. The lowest BCUT2D eigenvalue weighted by Crippen LogP contribution is -2.15. The minimum absolute atomic E-state index is 0.0695. The van der Waals surface area contributed by atoms with Crippen LogP contribution in [0.25, 0.3) is 0 Å². The third-order valence-corrected chi connectivity index (χ3v) is 4.42. The third-order valence-electron chi connectivity index (χ3n) is 4.42. The van der Waals surface area contributed by atoms with Crippen LogP contribution in [-0.2, 0) is 12.0 Å². The normalized spacial score (nSPS) is 11.2. The summed E-state index contributed by atoms with van der Waals surface area (Å²) in [4.78, 5) is 12.8. The zero-order valence-electron chi connectivity index (χ0n) is 15.9. The summed E-state index contributed by atoms with van der Waals surface area (Å²) < 4.78 is 6.00. The molecule has 138 valence electrons. The number of ether oxygens (including phenoxy) is 1. The Labute approximate surface area is 160 Å². The average Bonchev–Trinajstić information content (AvgIpc) is 2.66. The van der Waals surface area contributed by atoms with Crippen LogP contribution in [0.5, 0.6) is 11.5 Å². The molecule has 0 spiro atoms. The molecule has 3 heteroatoms. The molecule has 0 saturated carbocycles. The predicted molar refractivity (Wildman–Crippen MR) is 107 cm³/mol. The lowest BCUT2D eigenvalue weighted by molar-refractivity contribution is 0.103. The number of hydrogen-bond donors (Lipinski definition) is 1. The van der Waals surface area contributed by atoms with Gasteiger partial charge in [-0.1, -0.05) is 81.4 Å². The topological polar surface area (TPSA) is 46.5 Å². The number of rotatable bonds is 5. The maximum Gasteiger partial charge on any atom is 0.196 e. The van der Waals surface area contributed by atoms with Gasteiger partial charge in [-0.3, -0.25) is 4.79 Å². The fraction of sp³-hybridized carbons (Fsp3) is 0.208.